The Morgan fingerprint density at radius 2 is 1.89 bits per heavy atom. The second kappa shape index (κ2) is 8.43. The highest BCUT2D eigenvalue weighted by molar-refractivity contribution is 7.18. The highest BCUT2D eigenvalue weighted by Gasteiger charge is 2.21. The Bertz CT molecular complexity index is 943. The van der Waals surface area contributed by atoms with Crippen LogP contribution in [0.1, 0.15) is 54.8 Å². The van der Waals surface area contributed by atoms with Crippen LogP contribution in [0.25, 0.3) is 10.2 Å². The molecule has 1 N–H and O–H groups in total. The van der Waals surface area contributed by atoms with Crippen molar-refractivity contribution in [1.29, 1.82) is 0 Å². The Morgan fingerprint density at radius 3 is 2.71 bits per heavy atom. The van der Waals surface area contributed by atoms with Crippen LogP contribution in [0, 0.1) is 0 Å². The number of ether oxygens (including phenoxy) is 1. The lowest BCUT2D eigenvalue weighted by Crippen LogP contribution is -2.38. The van der Waals surface area contributed by atoms with Crippen molar-refractivity contribution < 1.29 is 14.3 Å². The summed E-state index contributed by atoms with van der Waals surface area (Å²) in [5, 5.41) is 0.721. The number of amides is 1. The zero-order valence-corrected chi connectivity index (χ0v) is 16.7. The lowest BCUT2D eigenvalue weighted by molar-refractivity contribution is -0.152. The third kappa shape index (κ3) is 4.11. The van der Waals surface area contributed by atoms with Crippen molar-refractivity contribution in [3.05, 3.63) is 26.6 Å². The number of likely N-dealkylation sites (tertiary alicyclic amines) is 1. The summed E-state index contributed by atoms with van der Waals surface area (Å²) in [5.41, 5.74) is 1.04. The van der Waals surface area contributed by atoms with Gasteiger partial charge in [-0.2, -0.15) is 0 Å². The molecule has 0 spiro atoms. The quantitative estimate of drug-likeness (QED) is 0.774. The topological polar surface area (TPSA) is 92.4 Å². The lowest BCUT2D eigenvalue weighted by atomic mass is 9.97. The van der Waals surface area contributed by atoms with Gasteiger partial charge in [-0.15, -0.1) is 11.3 Å². The molecular weight excluding hydrogens is 378 g/mol. The average molecular weight is 404 g/mol. The van der Waals surface area contributed by atoms with Crippen molar-refractivity contribution in [2.75, 3.05) is 19.7 Å². The maximum atomic E-state index is 12.5. The number of rotatable bonds is 5. The molecule has 0 unspecified atom stereocenters. The molecular formula is C20H25N3O4S. The van der Waals surface area contributed by atoms with Gasteiger partial charge in [-0.3, -0.25) is 14.4 Å². The maximum Gasteiger partial charge on any atom is 0.306 e. The molecule has 150 valence electrons. The Kier molecular flexibility index (Phi) is 5.75. The number of nitrogens with zero attached hydrogens (tertiary/aromatic N) is 2. The van der Waals surface area contributed by atoms with Crippen LogP contribution < -0.4 is 5.56 Å². The predicted molar refractivity (Wildman–Crippen MR) is 107 cm³/mol. The highest BCUT2D eigenvalue weighted by atomic mass is 32.1. The number of hydrogen-bond acceptors (Lipinski definition) is 6. The van der Waals surface area contributed by atoms with Crippen LogP contribution >= 0.6 is 11.3 Å². The Labute approximate surface area is 167 Å². The third-order valence-electron chi connectivity index (χ3n) is 5.51. The molecule has 2 aromatic heterocycles. The molecule has 1 aliphatic heterocycles. The van der Waals surface area contributed by atoms with Crippen LogP contribution in [0.4, 0.5) is 0 Å². The summed E-state index contributed by atoms with van der Waals surface area (Å²) in [6, 6.07) is 0. The molecule has 28 heavy (non-hydrogen) atoms. The number of esters is 1. The van der Waals surface area contributed by atoms with E-state index in [0.29, 0.717) is 12.2 Å². The second-order valence-corrected chi connectivity index (χ2v) is 8.59. The van der Waals surface area contributed by atoms with Gasteiger partial charge in [0.1, 0.15) is 10.7 Å². The molecule has 2 aliphatic rings. The van der Waals surface area contributed by atoms with E-state index in [9.17, 15) is 14.4 Å². The summed E-state index contributed by atoms with van der Waals surface area (Å²) in [6.45, 7) is 1.28. The number of piperidine rings is 1. The number of carbonyl (C=O) groups is 2. The number of hydrogen-bond donors (Lipinski definition) is 1. The summed E-state index contributed by atoms with van der Waals surface area (Å²) >= 11 is 1.59. The van der Waals surface area contributed by atoms with Gasteiger partial charge >= 0.3 is 5.97 Å². The van der Waals surface area contributed by atoms with E-state index in [1.54, 1.807) is 16.2 Å². The van der Waals surface area contributed by atoms with Crippen LogP contribution in [0.2, 0.25) is 0 Å². The van der Waals surface area contributed by atoms with Crippen molar-refractivity contribution in [2.24, 2.45) is 0 Å². The van der Waals surface area contributed by atoms with E-state index < -0.39 is 5.97 Å². The number of aromatic nitrogens is 2. The summed E-state index contributed by atoms with van der Waals surface area (Å²) in [7, 11) is 0. The average Bonchev–Trinajstić information content (AvgIpc) is 3.10. The monoisotopic (exact) mass is 403 g/mol. The van der Waals surface area contributed by atoms with E-state index in [1.165, 1.54) is 4.88 Å². The van der Waals surface area contributed by atoms with Gasteiger partial charge in [-0.05, 0) is 50.5 Å². The number of fused-ring (bicyclic) bond motifs is 3. The zero-order chi connectivity index (χ0) is 19.5. The molecule has 1 saturated heterocycles. The molecule has 0 aromatic carbocycles. The first-order chi connectivity index (χ1) is 13.6. The van der Waals surface area contributed by atoms with Crippen molar-refractivity contribution in [2.45, 2.75) is 57.8 Å². The minimum atomic E-state index is -0.446. The molecule has 0 atom stereocenters. The molecule has 1 fully saturated rings. The number of aryl methyl sites for hydroxylation is 3. The van der Waals surface area contributed by atoms with Gasteiger partial charge in [0.2, 0.25) is 0 Å². The van der Waals surface area contributed by atoms with Crippen molar-refractivity contribution in [1.82, 2.24) is 14.9 Å². The fourth-order valence-electron chi connectivity index (χ4n) is 4.00. The van der Waals surface area contributed by atoms with Crippen LogP contribution in [0.3, 0.4) is 0 Å². The first-order valence-corrected chi connectivity index (χ1v) is 10.9. The smallest absolute Gasteiger partial charge is 0.306 e. The van der Waals surface area contributed by atoms with E-state index >= 15 is 0 Å². The first kappa shape index (κ1) is 19.1. The molecule has 7 nitrogen and oxygen atoms in total. The standard InChI is InChI=1S/C20H25N3O4S/c24-16(23-10-4-1-5-11-23)12-27-17(25)9-8-15-21-19(26)18-13-6-2-3-7-14(13)28-20(18)22-15/h1-12H2,(H,21,22,26). The van der Waals surface area contributed by atoms with Gasteiger partial charge in [-0.1, -0.05) is 0 Å². The van der Waals surface area contributed by atoms with E-state index in [1.807, 2.05) is 0 Å². The predicted octanol–water partition coefficient (Wildman–Crippen LogP) is 2.35. The Hall–Kier alpha value is -2.22. The van der Waals surface area contributed by atoms with Crippen LogP contribution in [0.5, 0.6) is 0 Å². The highest BCUT2D eigenvalue weighted by Crippen LogP contribution is 2.33. The molecule has 2 aromatic rings. The van der Waals surface area contributed by atoms with Gasteiger partial charge in [0.05, 0.1) is 11.8 Å². The first-order valence-electron chi connectivity index (χ1n) is 10.1. The van der Waals surface area contributed by atoms with E-state index in [-0.39, 0.29) is 24.5 Å². The molecule has 8 heteroatoms. The molecule has 1 amide bonds. The molecule has 0 bridgehead atoms. The molecule has 1 aliphatic carbocycles. The van der Waals surface area contributed by atoms with Crippen LogP contribution in [-0.2, 0) is 33.6 Å². The Morgan fingerprint density at radius 1 is 1.11 bits per heavy atom. The maximum absolute atomic E-state index is 12.5. The molecule has 4 rings (SSSR count). The van der Waals surface area contributed by atoms with E-state index in [0.717, 1.165) is 73.8 Å². The van der Waals surface area contributed by atoms with Crippen molar-refractivity contribution >= 4 is 33.4 Å². The second-order valence-electron chi connectivity index (χ2n) is 7.51. The van der Waals surface area contributed by atoms with E-state index in [2.05, 4.69) is 9.97 Å². The van der Waals surface area contributed by atoms with Gasteiger partial charge in [0, 0.05) is 24.4 Å². The summed E-state index contributed by atoms with van der Waals surface area (Å²) < 4.78 is 5.12. The van der Waals surface area contributed by atoms with Crippen LogP contribution in [-0.4, -0.2) is 46.4 Å². The van der Waals surface area contributed by atoms with Gasteiger partial charge in [-0.25, -0.2) is 4.98 Å². The van der Waals surface area contributed by atoms with Gasteiger partial charge in [0.25, 0.3) is 11.5 Å². The fourth-order valence-corrected chi connectivity index (χ4v) is 5.28. The van der Waals surface area contributed by atoms with Crippen LogP contribution in [0.15, 0.2) is 4.79 Å². The number of H-pyrrole nitrogens is 1. The van der Waals surface area contributed by atoms with Gasteiger partial charge < -0.3 is 14.6 Å². The fraction of sp³-hybridized carbons (Fsp3) is 0.600. The number of carbonyl (C=O) groups excluding carboxylic acids is 2. The Balaban J connectivity index is 1.34. The van der Waals surface area contributed by atoms with Crippen molar-refractivity contribution in [3.63, 3.8) is 0 Å². The molecule has 0 radical (unpaired) electrons. The number of nitrogens with one attached hydrogen (secondary N) is 1. The summed E-state index contributed by atoms with van der Waals surface area (Å²) in [4.78, 5) is 47.7. The minimum Gasteiger partial charge on any atom is -0.456 e. The summed E-state index contributed by atoms with van der Waals surface area (Å²) in [5.74, 6) is -0.0841. The third-order valence-corrected chi connectivity index (χ3v) is 6.69. The van der Waals surface area contributed by atoms with Gasteiger partial charge in [0.15, 0.2) is 6.61 Å². The van der Waals surface area contributed by atoms with Crippen molar-refractivity contribution in [3.8, 4) is 0 Å². The zero-order valence-electron chi connectivity index (χ0n) is 15.9. The van der Waals surface area contributed by atoms with E-state index in [4.69, 9.17) is 4.74 Å². The normalized spacial score (nSPS) is 16.8. The number of aromatic amines is 1. The number of thiophene rings is 1. The summed E-state index contributed by atoms with van der Waals surface area (Å²) in [6.07, 6.45) is 7.78. The lowest BCUT2D eigenvalue weighted by Gasteiger charge is -2.26. The SMILES string of the molecule is O=C(CCc1nc2sc3c(c2c(=O)[nH]1)CCCC3)OCC(=O)N1CCCCC1. The minimum absolute atomic E-state index is 0.0901. The molecule has 0 saturated carbocycles. The largest absolute Gasteiger partial charge is 0.456 e. The molecule has 3 heterocycles.